The molecule has 1 aliphatic heterocycles. The van der Waals surface area contributed by atoms with Crippen LogP contribution >= 0.6 is 23.4 Å². The second-order valence-electron chi connectivity index (χ2n) is 7.77. The largest absolute Gasteiger partial charge is 0.490 e. The molecule has 1 N–H and O–H groups in total. The number of rotatable bonds is 8. The standard InChI is InChI=1S/C26H22ClN3O5S/c1-3-34-23-12-18(7-11-22(23)35-15-17-5-9-20(10-6-17)30(32)33)13-24-25(31)29-26(36-24)28-19-8-4-16(2)21(27)14-19/h4-14H,3,15H2,1-2H3,(H,28,29,31)/b24-13-. The van der Waals surface area contributed by atoms with E-state index in [1.165, 1.54) is 23.9 Å². The maximum Gasteiger partial charge on any atom is 0.269 e. The highest BCUT2D eigenvalue weighted by atomic mass is 35.5. The van der Waals surface area contributed by atoms with Crippen molar-refractivity contribution in [3.63, 3.8) is 0 Å². The van der Waals surface area contributed by atoms with Crippen molar-refractivity contribution in [3.05, 3.63) is 97.4 Å². The molecule has 0 spiro atoms. The average molecular weight is 524 g/mol. The molecule has 1 heterocycles. The number of hydrogen-bond acceptors (Lipinski definition) is 7. The molecule has 0 unspecified atom stereocenters. The summed E-state index contributed by atoms with van der Waals surface area (Å²) in [6, 6.07) is 17.0. The van der Waals surface area contributed by atoms with Gasteiger partial charge in [-0.25, -0.2) is 4.99 Å². The molecule has 0 aromatic heterocycles. The molecule has 0 saturated carbocycles. The summed E-state index contributed by atoms with van der Waals surface area (Å²) in [4.78, 5) is 27.8. The number of amides is 1. The van der Waals surface area contributed by atoms with E-state index in [4.69, 9.17) is 21.1 Å². The van der Waals surface area contributed by atoms with Gasteiger partial charge in [-0.05, 0) is 84.8 Å². The van der Waals surface area contributed by atoms with Crippen LogP contribution in [0.4, 0.5) is 11.4 Å². The first-order chi connectivity index (χ1) is 17.3. The lowest BCUT2D eigenvalue weighted by Gasteiger charge is -2.13. The van der Waals surface area contributed by atoms with Gasteiger partial charge in [0.05, 0.1) is 22.1 Å². The van der Waals surface area contributed by atoms with E-state index >= 15 is 0 Å². The van der Waals surface area contributed by atoms with Gasteiger partial charge in [0, 0.05) is 17.2 Å². The molecule has 1 fully saturated rings. The first kappa shape index (κ1) is 25.3. The van der Waals surface area contributed by atoms with Crippen molar-refractivity contribution in [2.75, 3.05) is 6.61 Å². The molecule has 10 heteroatoms. The lowest BCUT2D eigenvalue weighted by molar-refractivity contribution is -0.384. The van der Waals surface area contributed by atoms with Crippen molar-refractivity contribution in [1.82, 2.24) is 5.32 Å². The van der Waals surface area contributed by atoms with Crippen LogP contribution in [0.2, 0.25) is 5.02 Å². The zero-order valence-corrected chi connectivity index (χ0v) is 21.1. The molecule has 0 aliphatic carbocycles. The Morgan fingerprint density at radius 1 is 1.08 bits per heavy atom. The second kappa shape index (κ2) is 11.3. The Morgan fingerprint density at radius 3 is 2.56 bits per heavy atom. The number of aliphatic imine (C=N–C) groups is 1. The van der Waals surface area contributed by atoms with E-state index in [9.17, 15) is 14.9 Å². The third-order valence-corrected chi connectivity index (χ3v) is 6.46. The van der Waals surface area contributed by atoms with Crippen LogP contribution in [-0.4, -0.2) is 22.6 Å². The van der Waals surface area contributed by atoms with Crippen molar-refractivity contribution in [1.29, 1.82) is 0 Å². The summed E-state index contributed by atoms with van der Waals surface area (Å²) >= 11 is 7.41. The number of nitrogens with zero attached hydrogens (tertiary/aromatic N) is 2. The molecular formula is C26H22ClN3O5S. The van der Waals surface area contributed by atoms with E-state index in [-0.39, 0.29) is 18.2 Å². The first-order valence-electron chi connectivity index (χ1n) is 11.0. The predicted octanol–water partition coefficient (Wildman–Crippen LogP) is 6.43. The Morgan fingerprint density at radius 2 is 1.86 bits per heavy atom. The fourth-order valence-electron chi connectivity index (χ4n) is 3.28. The molecule has 1 saturated heterocycles. The molecule has 3 aromatic rings. The molecule has 36 heavy (non-hydrogen) atoms. The highest BCUT2D eigenvalue weighted by Crippen LogP contribution is 2.33. The number of aryl methyl sites for hydroxylation is 1. The van der Waals surface area contributed by atoms with Gasteiger partial charge < -0.3 is 14.8 Å². The van der Waals surface area contributed by atoms with Crippen LogP contribution < -0.4 is 14.8 Å². The number of non-ortho nitro benzene ring substituents is 1. The number of benzene rings is 3. The number of carbonyl (C=O) groups excluding carboxylic acids is 1. The minimum Gasteiger partial charge on any atom is -0.490 e. The number of nitro groups is 1. The van der Waals surface area contributed by atoms with Gasteiger partial charge in [-0.15, -0.1) is 0 Å². The van der Waals surface area contributed by atoms with Crippen molar-refractivity contribution >= 4 is 51.9 Å². The third kappa shape index (κ3) is 6.24. The van der Waals surface area contributed by atoms with Gasteiger partial charge >= 0.3 is 0 Å². The Labute approximate surface area is 217 Å². The van der Waals surface area contributed by atoms with Gasteiger partial charge in [-0.2, -0.15) is 0 Å². The average Bonchev–Trinajstić information content (AvgIpc) is 3.19. The zero-order valence-electron chi connectivity index (χ0n) is 19.5. The van der Waals surface area contributed by atoms with Crippen LogP contribution in [0.5, 0.6) is 11.5 Å². The maximum absolute atomic E-state index is 12.5. The molecule has 1 aliphatic rings. The quantitative estimate of drug-likeness (QED) is 0.207. The summed E-state index contributed by atoms with van der Waals surface area (Å²) in [7, 11) is 0. The number of nitrogens with one attached hydrogen (secondary N) is 1. The molecule has 4 rings (SSSR count). The summed E-state index contributed by atoms with van der Waals surface area (Å²) < 4.78 is 11.6. The van der Waals surface area contributed by atoms with E-state index in [1.54, 1.807) is 36.4 Å². The van der Waals surface area contributed by atoms with E-state index in [0.29, 0.717) is 38.9 Å². The fraction of sp³-hybridized carbons (Fsp3) is 0.154. The van der Waals surface area contributed by atoms with Gasteiger partial charge in [0.2, 0.25) is 0 Å². The lowest BCUT2D eigenvalue weighted by Crippen LogP contribution is -2.19. The molecular weight excluding hydrogens is 502 g/mol. The topological polar surface area (TPSA) is 103 Å². The van der Waals surface area contributed by atoms with Crippen molar-refractivity contribution in [2.45, 2.75) is 20.5 Å². The Kier molecular flexibility index (Phi) is 7.92. The SMILES string of the molecule is CCOc1cc(/C=C2\SC(=Nc3ccc(C)c(Cl)c3)NC2=O)ccc1OCc1ccc([N+](=O)[O-])cc1. The number of nitro benzene ring substituents is 1. The van der Waals surface area contributed by atoms with E-state index in [0.717, 1.165) is 16.7 Å². The maximum atomic E-state index is 12.5. The normalized spacial score (nSPS) is 15.2. The number of ether oxygens (including phenoxy) is 2. The van der Waals surface area contributed by atoms with Crippen LogP contribution in [0.1, 0.15) is 23.6 Å². The van der Waals surface area contributed by atoms with Crippen molar-refractivity contribution in [2.24, 2.45) is 4.99 Å². The Hall–Kier alpha value is -3.82. The molecule has 0 bridgehead atoms. The van der Waals surface area contributed by atoms with E-state index < -0.39 is 4.92 Å². The molecule has 8 nitrogen and oxygen atoms in total. The summed E-state index contributed by atoms with van der Waals surface area (Å²) in [6.45, 7) is 4.43. The number of hydrogen-bond donors (Lipinski definition) is 1. The summed E-state index contributed by atoms with van der Waals surface area (Å²) in [6.07, 6.45) is 1.76. The Bertz CT molecular complexity index is 1370. The van der Waals surface area contributed by atoms with Gasteiger partial charge in [-0.3, -0.25) is 14.9 Å². The van der Waals surface area contributed by atoms with Gasteiger partial charge in [0.1, 0.15) is 6.61 Å². The lowest BCUT2D eigenvalue weighted by atomic mass is 10.1. The van der Waals surface area contributed by atoms with Gasteiger partial charge in [0.25, 0.3) is 11.6 Å². The monoisotopic (exact) mass is 523 g/mol. The Balaban J connectivity index is 1.49. The molecule has 184 valence electrons. The van der Waals surface area contributed by atoms with Gasteiger partial charge in [-0.1, -0.05) is 23.7 Å². The number of thioether (sulfide) groups is 1. The highest BCUT2D eigenvalue weighted by molar-refractivity contribution is 8.18. The molecule has 0 radical (unpaired) electrons. The van der Waals surface area contributed by atoms with Crippen LogP contribution in [-0.2, 0) is 11.4 Å². The summed E-state index contributed by atoms with van der Waals surface area (Å²) in [5.74, 6) is 0.813. The highest BCUT2D eigenvalue weighted by Gasteiger charge is 2.24. The summed E-state index contributed by atoms with van der Waals surface area (Å²) in [5, 5.41) is 14.7. The third-order valence-electron chi connectivity index (χ3n) is 5.14. The van der Waals surface area contributed by atoms with Crippen LogP contribution in [0.25, 0.3) is 6.08 Å². The van der Waals surface area contributed by atoms with Crippen LogP contribution in [0, 0.1) is 17.0 Å². The van der Waals surface area contributed by atoms with Crippen molar-refractivity contribution in [3.8, 4) is 11.5 Å². The van der Waals surface area contributed by atoms with Gasteiger partial charge in [0.15, 0.2) is 16.7 Å². The number of halogens is 1. The van der Waals surface area contributed by atoms with E-state index in [1.807, 2.05) is 32.0 Å². The number of amidine groups is 1. The summed E-state index contributed by atoms with van der Waals surface area (Å²) in [5.41, 5.74) is 3.18. The smallest absolute Gasteiger partial charge is 0.269 e. The minimum absolute atomic E-state index is 0.0239. The molecule has 0 atom stereocenters. The fourth-order valence-corrected chi connectivity index (χ4v) is 4.29. The van der Waals surface area contributed by atoms with Crippen LogP contribution in [0.3, 0.4) is 0 Å². The zero-order chi connectivity index (χ0) is 25.7. The molecule has 3 aromatic carbocycles. The first-order valence-corrected chi connectivity index (χ1v) is 12.2. The predicted molar refractivity (Wildman–Crippen MR) is 142 cm³/mol. The number of carbonyl (C=O) groups is 1. The van der Waals surface area contributed by atoms with E-state index in [2.05, 4.69) is 10.3 Å². The van der Waals surface area contributed by atoms with Crippen LogP contribution in [0.15, 0.2) is 70.6 Å². The minimum atomic E-state index is -0.444. The molecule has 1 amide bonds. The van der Waals surface area contributed by atoms with Crippen molar-refractivity contribution < 1.29 is 19.2 Å². The second-order valence-corrected chi connectivity index (χ2v) is 9.20.